The first kappa shape index (κ1) is 13.9. The van der Waals surface area contributed by atoms with Gasteiger partial charge in [-0.2, -0.15) is 11.8 Å². The average Bonchev–Trinajstić information content (AvgIpc) is 3.05. The van der Waals surface area contributed by atoms with Gasteiger partial charge in [0.25, 0.3) is 0 Å². The van der Waals surface area contributed by atoms with Crippen molar-refractivity contribution in [2.75, 3.05) is 12.4 Å². The fourth-order valence-corrected chi connectivity index (χ4v) is 4.27. The summed E-state index contributed by atoms with van der Waals surface area (Å²) in [7, 11) is 1.93. The number of thiophene rings is 1. The van der Waals surface area contributed by atoms with Gasteiger partial charge in [0.15, 0.2) is 5.82 Å². The van der Waals surface area contributed by atoms with Crippen LogP contribution in [0.3, 0.4) is 0 Å². The molecule has 0 saturated heterocycles. The predicted octanol–water partition coefficient (Wildman–Crippen LogP) is 4.29. The summed E-state index contributed by atoms with van der Waals surface area (Å²) in [6, 6.07) is 4.35. The second-order valence-electron chi connectivity index (χ2n) is 5.98. The van der Waals surface area contributed by atoms with Gasteiger partial charge in [-0.3, -0.25) is 0 Å². The molecule has 1 N–H and O–H groups in total. The topological polar surface area (TPSA) is 37.8 Å². The summed E-state index contributed by atoms with van der Waals surface area (Å²) in [6.07, 6.45) is 0. The molecule has 1 aliphatic heterocycles. The second-order valence-corrected chi connectivity index (χ2v) is 8.05. The van der Waals surface area contributed by atoms with Crippen LogP contribution in [0, 0.1) is 0 Å². The maximum Gasteiger partial charge on any atom is 0.171 e. The van der Waals surface area contributed by atoms with E-state index in [1.807, 2.05) is 18.8 Å². The third kappa shape index (κ3) is 2.44. The van der Waals surface area contributed by atoms with Crippen molar-refractivity contribution in [1.82, 2.24) is 9.97 Å². The molecule has 5 heteroatoms. The van der Waals surface area contributed by atoms with Crippen LogP contribution >= 0.6 is 23.1 Å². The smallest absolute Gasteiger partial charge is 0.171 e. The molecule has 20 heavy (non-hydrogen) atoms. The first-order valence-corrected chi connectivity index (χ1v) is 8.72. The molecule has 0 fully saturated rings. The lowest BCUT2D eigenvalue weighted by molar-refractivity contribution is 0.604. The maximum absolute atomic E-state index is 4.77. The van der Waals surface area contributed by atoms with Crippen LogP contribution in [-0.4, -0.2) is 17.0 Å². The van der Waals surface area contributed by atoms with Crippen molar-refractivity contribution in [3.8, 4) is 10.7 Å². The third-order valence-corrected chi connectivity index (χ3v) is 5.86. The van der Waals surface area contributed by atoms with Crippen molar-refractivity contribution >= 4 is 28.9 Å². The number of anilines is 1. The van der Waals surface area contributed by atoms with E-state index in [2.05, 4.69) is 38.2 Å². The Balaban J connectivity index is 2.05. The average molecular weight is 305 g/mol. The van der Waals surface area contributed by atoms with E-state index in [0.29, 0.717) is 0 Å². The van der Waals surface area contributed by atoms with Gasteiger partial charge in [0.1, 0.15) is 5.82 Å². The fourth-order valence-electron chi connectivity index (χ4n) is 2.23. The van der Waals surface area contributed by atoms with Gasteiger partial charge < -0.3 is 5.32 Å². The summed E-state index contributed by atoms with van der Waals surface area (Å²) < 4.78 is 0. The molecule has 0 spiro atoms. The largest absolute Gasteiger partial charge is 0.373 e. The van der Waals surface area contributed by atoms with Gasteiger partial charge in [-0.1, -0.05) is 20.8 Å². The molecule has 2 aromatic heterocycles. The molecular formula is C15H19N3S2. The normalized spacial score (nSPS) is 14.4. The zero-order valence-corrected chi connectivity index (χ0v) is 13.9. The number of thioether (sulfide) groups is 1. The van der Waals surface area contributed by atoms with E-state index in [1.54, 1.807) is 11.3 Å². The first-order chi connectivity index (χ1) is 9.49. The van der Waals surface area contributed by atoms with Crippen LogP contribution < -0.4 is 5.32 Å². The molecule has 0 bridgehead atoms. The first-order valence-electron chi connectivity index (χ1n) is 6.75. The molecule has 2 aromatic rings. The zero-order chi connectivity index (χ0) is 14.3. The van der Waals surface area contributed by atoms with Crippen molar-refractivity contribution in [3.05, 3.63) is 28.3 Å². The summed E-state index contributed by atoms with van der Waals surface area (Å²) in [6.45, 7) is 6.71. The Morgan fingerprint density at radius 1 is 1.15 bits per heavy atom. The van der Waals surface area contributed by atoms with Crippen LogP contribution in [0.25, 0.3) is 10.7 Å². The van der Waals surface area contributed by atoms with Crippen molar-refractivity contribution in [3.63, 3.8) is 0 Å². The molecule has 106 valence electrons. The van der Waals surface area contributed by atoms with Crippen molar-refractivity contribution < 1.29 is 0 Å². The van der Waals surface area contributed by atoms with Gasteiger partial charge in [-0.05, 0) is 17.5 Å². The quantitative estimate of drug-likeness (QED) is 0.898. The molecule has 0 atom stereocenters. The van der Waals surface area contributed by atoms with Crippen LogP contribution in [-0.2, 0) is 16.9 Å². The SMILES string of the molecule is CNc1nc(-c2ccc(C(C)(C)C)s2)nc2c1CSC2. The van der Waals surface area contributed by atoms with Gasteiger partial charge >= 0.3 is 0 Å². The number of rotatable bonds is 2. The number of hydrogen-bond acceptors (Lipinski definition) is 5. The maximum atomic E-state index is 4.77. The zero-order valence-electron chi connectivity index (χ0n) is 12.3. The van der Waals surface area contributed by atoms with Gasteiger partial charge in [0.2, 0.25) is 0 Å². The van der Waals surface area contributed by atoms with Crippen molar-refractivity contribution in [2.45, 2.75) is 37.7 Å². The Hall–Kier alpha value is -1.07. The summed E-state index contributed by atoms with van der Waals surface area (Å²) in [5.74, 6) is 3.86. The summed E-state index contributed by atoms with van der Waals surface area (Å²) >= 11 is 3.70. The molecule has 3 heterocycles. The number of nitrogens with one attached hydrogen (secondary N) is 1. The monoisotopic (exact) mass is 305 g/mol. The van der Waals surface area contributed by atoms with E-state index in [0.717, 1.165) is 28.0 Å². The van der Waals surface area contributed by atoms with E-state index in [1.165, 1.54) is 16.1 Å². The van der Waals surface area contributed by atoms with Crippen LogP contribution in [0.5, 0.6) is 0 Å². The molecule has 0 aliphatic carbocycles. The summed E-state index contributed by atoms with van der Waals surface area (Å²) in [5.41, 5.74) is 2.64. The van der Waals surface area contributed by atoms with Gasteiger partial charge in [0, 0.05) is 29.0 Å². The molecule has 3 nitrogen and oxygen atoms in total. The number of nitrogens with zero attached hydrogens (tertiary/aromatic N) is 2. The Morgan fingerprint density at radius 3 is 2.60 bits per heavy atom. The minimum atomic E-state index is 0.182. The van der Waals surface area contributed by atoms with Crippen molar-refractivity contribution in [2.24, 2.45) is 0 Å². The van der Waals surface area contributed by atoms with E-state index < -0.39 is 0 Å². The van der Waals surface area contributed by atoms with Crippen LogP contribution in [0.4, 0.5) is 5.82 Å². The van der Waals surface area contributed by atoms with Gasteiger partial charge in [0.05, 0.1) is 10.6 Å². The Kier molecular flexibility index (Phi) is 3.50. The molecule has 1 aliphatic rings. The highest BCUT2D eigenvalue weighted by atomic mass is 32.2. The second kappa shape index (κ2) is 5.04. The van der Waals surface area contributed by atoms with Crippen LogP contribution in [0.15, 0.2) is 12.1 Å². The lowest BCUT2D eigenvalue weighted by Crippen LogP contribution is -2.07. The van der Waals surface area contributed by atoms with E-state index in [9.17, 15) is 0 Å². The highest BCUT2D eigenvalue weighted by Gasteiger charge is 2.22. The molecule has 0 amide bonds. The third-order valence-electron chi connectivity index (χ3n) is 3.38. The minimum Gasteiger partial charge on any atom is -0.373 e. The number of fused-ring (bicyclic) bond motifs is 1. The highest BCUT2D eigenvalue weighted by molar-refractivity contribution is 7.98. The fraction of sp³-hybridized carbons (Fsp3) is 0.467. The summed E-state index contributed by atoms with van der Waals surface area (Å²) in [5, 5.41) is 3.21. The Labute approximate surface area is 128 Å². The molecule has 3 rings (SSSR count). The van der Waals surface area contributed by atoms with Crippen molar-refractivity contribution in [1.29, 1.82) is 0 Å². The number of aromatic nitrogens is 2. The Morgan fingerprint density at radius 2 is 1.95 bits per heavy atom. The minimum absolute atomic E-state index is 0.182. The standard InChI is InChI=1S/C15H19N3S2/c1-15(2,3)12-6-5-11(20-12)14-17-10-8-19-7-9(10)13(16-4)18-14/h5-6H,7-8H2,1-4H3,(H,16,17,18). The highest BCUT2D eigenvalue weighted by Crippen LogP contribution is 2.37. The molecular weight excluding hydrogens is 286 g/mol. The van der Waals surface area contributed by atoms with Gasteiger partial charge in [-0.15, -0.1) is 11.3 Å². The van der Waals surface area contributed by atoms with Gasteiger partial charge in [-0.25, -0.2) is 9.97 Å². The molecule has 0 aromatic carbocycles. The predicted molar refractivity (Wildman–Crippen MR) is 88.6 cm³/mol. The molecule has 0 saturated carbocycles. The van der Waals surface area contributed by atoms with Crippen LogP contribution in [0.2, 0.25) is 0 Å². The van der Waals surface area contributed by atoms with E-state index >= 15 is 0 Å². The van der Waals surface area contributed by atoms with Crippen LogP contribution in [0.1, 0.15) is 36.9 Å². The lowest BCUT2D eigenvalue weighted by atomic mass is 9.95. The summed E-state index contributed by atoms with van der Waals surface area (Å²) in [4.78, 5) is 12.0. The Bertz CT molecular complexity index is 641. The van der Waals surface area contributed by atoms with E-state index in [-0.39, 0.29) is 5.41 Å². The molecule has 0 radical (unpaired) electrons. The van der Waals surface area contributed by atoms with E-state index in [4.69, 9.17) is 9.97 Å². The lowest BCUT2D eigenvalue weighted by Gasteiger charge is -2.15. The molecule has 0 unspecified atom stereocenters. The number of hydrogen-bond donors (Lipinski definition) is 1.